The lowest BCUT2D eigenvalue weighted by atomic mass is 9.67. The smallest absolute Gasteiger partial charge is 0.138 e. The van der Waals surface area contributed by atoms with Gasteiger partial charge in [0.05, 0.1) is 31.5 Å². The van der Waals surface area contributed by atoms with Crippen molar-refractivity contribution in [1.82, 2.24) is 0 Å². The molecule has 2 heterocycles. The Balaban J connectivity index is 1.34. The van der Waals surface area contributed by atoms with Crippen LogP contribution in [0.1, 0.15) is 30.4 Å². The topological polar surface area (TPSA) is 47.9 Å². The summed E-state index contributed by atoms with van der Waals surface area (Å²) < 4.78 is 19.0. The number of hydrogen-bond donors (Lipinski definition) is 1. The predicted molar refractivity (Wildman–Crippen MR) is 110 cm³/mol. The summed E-state index contributed by atoms with van der Waals surface area (Å²) in [5, 5.41) is 11.7. The summed E-state index contributed by atoms with van der Waals surface area (Å²) in [6.07, 6.45) is 5.99. The first-order valence-corrected chi connectivity index (χ1v) is 10.6. The summed E-state index contributed by atoms with van der Waals surface area (Å²) in [6.45, 7) is 1.02. The molecular formula is C25H28O4. The second-order valence-corrected chi connectivity index (χ2v) is 8.41. The molecule has 1 aliphatic carbocycles. The minimum atomic E-state index is -1.16. The molecular weight excluding hydrogens is 364 g/mol. The molecule has 152 valence electrons. The molecule has 29 heavy (non-hydrogen) atoms. The van der Waals surface area contributed by atoms with Crippen LogP contribution in [0.5, 0.6) is 0 Å². The fourth-order valence-electron chi connectivity index (χ4n) is 5.09. The Morgan fingerprint density at radius 1 is 0.897 bits per heavy atom. The van der Waals surface area contributed by atoms with Crippen molar-refractivity contribution in [3.05, 3.63) is 83.9 Å². The molecule has 0 saturated carbocycles. The van der Waals surface area contributed by atoms with Crippen LogP contribution in [0.2, 0.25) is 0 Å². The van der Waals surface area contributed by atoms with E-state index in [0.29, 0.717) is 13.2 Å². The molecule has 2 fully saturated rings. The number of hydrogen-bond acceptors (Lipinski definition) is 4. The van der Waals surface area contributed by atoms with E-state index in [9.17, 15) is 5.11 Å². The molecule has 0 radical (unpaired) electrons. The molecule has 0 unspecified atom stereocenters. The quantitative estimate of drug-likeness (QED) is 0.754. The van der Waals surface area contributed by atoms with Gasteiger partial charge in [0.15, 0.2) is 0 Å². The molecule has 3 aliphatic rings. The van der Waals surface area contributed by atoms with Crippen molar-refractivity contribution in [2.45, 2.75) is 62.5 Å². The Hall–Kier alpha value is -1.98. The molecule has 6 atom stereocenters. The van der Waals surface area contributed by atoms with Crippen LogP contribution in [0.15, 0.2) is 72.8 Å². The van der Waals surface area contributed by atoms with Crippen molar-refractivity contribution < 1.29 is 19.3 Å². The Morgan fingerprint density at radius 2 is 1.55 bits per heavy atom. The fourth-order valence-corrected chi connectivity index (χ4v) is 5.09. The van der Waals surface area contributed by atoms with Gasteiger partial charge in [-0.05, 0) is 30.4 Å². The number of ether oxygens (including phenoxy) is 3. The van der Waals surface area contributed by atoms with Crippen LogP contribution in [0, 0.1) is 5.92 Å². The lowest BCUT2D eigenvalue weighted by Crippen LogP contribution is -2.69. The van der Waals surface area contributed by atoms with Crippen molar-refractivity contribution in [3.63, 3.8) is 0 Å². The summed E-state index contributed by atoms with van der Waals surface area (Å²) in [5.41, 5.74) is 1.09. The van der Waals surface area contributed by atoms with Gasteiger partial charge in [0.25, 0.3) is 0 Å². The van der Waals surface area contributed by atoms with Gasteiger partial charge >= 0.3 is 0 Å². The summed E-state index contributed by atoms with van der Waals surface area (Å²) in [6, 6.07) is 20.3. The lowest BCUT2D eigenvalue weighted by Gasteiger charge is -2.57. The molecule has 0 spiro atoms. The van der Waals surface area contributed by atoms with Gasteiger partial charge in [-0.1, -0.05) is 72.8 Å². The van der Waals surface area contributed by atoms with Crippen molar-refractivity contribution in [2.24, 2.45) is 5.92 Å². The monoisotopic (exact) mass is 392 g/mol. The van der Waals surface area contributed by atoms with Crippen molar-refractivity contribution in [3.8, 4) is 0 Å². The first kappa shape index (κ1) is 19.0. The molecule has 4 nitrogen and oxygen atoms in total. The molecule has 2 aliphatic heterocycles. The maximum Gasteiger partial charge on any atom is 0.138 e. The van der Waals surface area contributed by atoms with Crippen LogP contribution in [-0.4, -0.2) is 35.1 Å². The second-order valence-electron chi connectivity index (χ2n) is 8.41. The van der Waals surface area contributed by atoms with Crippen molar-refractivity contribution >= 4 is 0 Å². The first-order valence-electron chi connectivity index (χ1n) is 10.6. The number of rotatable bonds is 6. The molecule has 0 amide bonds. The van der Waals surface area contributed by atoms with Gasteiger partial charge in [-0.2, -0.15) is 0 Å². The van der Waals surface area contributed by atoms with Gasteiger partial charge in [-0.3, -0.25) is 0 Å². The first-order chi connectivity index (χ1) is 14.2. The maximum absolute atomic E-state index is 11.7. The van der Waals surface area contributed by atoms with Gasteiger partial charge < -0.3 is 19.3 Å². The average molecular weight is 392 g/mol. The van der Waals surface area contributed by atoms with Gasteiger partial charge in [0.2, 0.25) is 0 Å². The lowest BCUT2D eigenvalue weighted by molar-refractivity contribution is -0.296. The highest BCUT2D eigenvalue weighted by atomic mass is 16.6. The molecule has 2 aromatic rings. The van der Waals surface area contributed by atoms with Gasteiger partial charge in [0, 0.05) is 5.92 Å². The number of fused-ring (bicyclic) bond motifs is 6. The summed E-state index contributed by atoms with van der Waals surface area (Å²) in [7, 11) is 0. The second kappa shape index (κ2) is 8.04. The molecule has 5 rings (SSSR count). The van der Waals surface area contributed by atoms with Gasteiger partial charge in [-0.25, -0.2) is 0 Å². The SMILES string of the molecule is O[C@]12C=CC[C@@H]([C@H]3CC[C@@H](OCc4ccccc4)[C@@H]1O3)[C@@H]2OCc1ccccc1. The predicted octanol–water partition coefficient (Wildman–Crippen LogP) is 4.03. The van der Waals surface area contributed by atoms with E-state index in [0.717, 1.165) is 30.4 Å². The third-order valence-corrected chi connectivity index (χ3v) is 6.55. The van der Waals surface area contributed by atoms with E-state index in [1.165, 1.54) is 0 Å². The molecule has 0 aromatic heterocycles. The Bertz CT molecular complexity index is 836. The van der Waals surface area contributed by atoms with Gasteiger partial charge in [-0.15, -0.1) is 0 Å². The molecule has 1 N–H and O–H groups in total. The average Bonchev–Trinajstić information content (AvgIpc) is 2.77. The number of allylic oxidation sites excluding steroid dienone is 1. The minimum Gasteiger partial charge on any atom is -0.380 e. The van der Waals surface area contributed by atoms with Crippen molar-refractivity contribution in [1.29, 1.82) is 0 Å². The highest BCUT2D eigenvalue weighted by molar-refractivity contribution is 5.23. The van der Waals surface area contributed by atoms with E-state index in [2.05, 4.69) is 30.3 Å². The summed E-state index contributed by atoms with van der Waals surface area (Å²) in [5.74, 6) is 0.181. The van der Waals surface area contributed by atoms with Crippen LogP contribution < -0.4 is 0 Å². The summed E-state index contributed by atoms with van der Waals surface area (Å²) >= 11 is 0. The normalized spacial score (nSPS) is 35.4. The van der Waals surface area contributed by atoms with E-state index in [-0.39, 0.29) is 24.2 Å². The third-order valence-electron chi connectivity index (χ3n) is 6.55. The largest absolute Gasteiger partial charge is 0.380 e. The van der Waals surface area contributed by atoms with Crippen LogP contribution in [0.3, 0.4) is 0 Å². The van der Waals surface area contributed by atoms with E-state index in [4.69, 9.17) is 14.2 Å². The Kier molecular flexibility index (Phi) is 5.27. The summed E-state index contributed by atoms with van der Waals surface area (Å²) in [4.78, 5) is 0. The van der Waals surface area contributed by atoms with E-state index in [1.54, 1.807) is 0 Å². The molecule has 4 bridgehead atoms. The maximum atomic E-state index is 11.7. The molecule has 4 heteroatoms. The Labute approximate surface area is 172 Å². The zero-order valence-electron chi connectivity index (χ0n) is 16.5. The fraction of sp³-hybridized carbons (Fsp3) is 0.440. The standard InChI is InChI=1S/C25H28O4/c26-25-15-7-12-20(23(25)28-17-19-10-5-2-6-11-19)21-13-14-22(24(25)29-21)27-16-18-8-3-1-4-9-18/h1-11,15,20-24,26H,12-14,16-17H2/t20-,21+,22+,23-,24-,25-/m0/s1. The highest BCUT2D eigenvalue weighted by Gasteiger charge is 2.60. The van der Waals surface area contributed by atoms with Crippen LogP contribution in [-0.2, 0) is 27.4 Å². The van der Waals surface area contributed by atoms with Gasteiger partial charge in [0.1, 0.15) is 11.7 Å². The van der Waals surface area contributed by atoms with Crippen LogP contribution in [0.4, 0.5) is 0 Å². The van der Waals surface area contributed by atoms with E-state index < -0.39 is 11.7 Å². The number of benzene rings is 2. The molecule has 2 saturated heterocycles. The zero-order chi connectivity index (χ0) is 19.7. The zero-order valence-corrected chi connectivity index (χ0v) is 16.5. The van der Waals surface area contributed by atoms with E-state index >= 15 is 0 Å². The minimum absolute atomic E-state index is 0.113. The van der Waals surface area contributed by atoms with E-state index in [1.807, 2.05) is 42.5 Å². The Morgan fingerprint density at radius 3 is 2.24 bits per heavy atom. The third kappa shape index (κ3) is 3.66. The van der Waals surface area contributed by atoms with Crippen LogP contribution in [0.25, 0.3) is 0 Å². The van der Waals surface area contributed by atoms with Crippen LogP contribution >= 0.6 is 0 Å². The molecule has 2 aromatic carbocycles. The van der Waals surface area contributed by atoms with Crippen molar-refractivity contribution in [2.75, 3.05) is 0 Å². The number of aliphatic hydroxyl groups is 1. The highest BCUT2D eigenvalue weighted by Crippen LogP contribution is 2.48.